The van der Waals surface area contributed by atoms with Gasteiger partial charge < -0.3 is 20.6 Å². The van der Waals surface area contributed by atoms with E-state index >= 15 is 0 Å². The summed E-state index contributed by atoms with van der Waals surface area (Å²) in [4.78, 5) is 10.6. The van der Waals surface area contributed by atoms with Gasteiger partial charge in [0.2, 0.25) is 0 Å². The number of hydrogen-bond donors (Lipinski definition) is 4. The Bertz CT molecular complexity index is 418. The van der Waals surface area contributed by atoms with E-state index in [4.69, 9.17) is 15.3 Å². The fourth-order valence-corrected chi connectivity index (χ4v) is 1.20. The number of carboxylic acids is 1. The largest absolute Gasteiger partial charge is 0.478 e. The zero-order valence-electron chi connectivity index (χ0n) is 9.27. The van der Waals surface area contributed by atoms with E-state index in [0.29, 0.717) is 0 Å². The maximum Gasteiger partial charge on any atom is 0.335 e. The van der Waals surface area contributed by atoms with E-state index in [2.05, 4.69) is 5.32 Å². The summed E-state index contributed by atoms with van der Waals surface area (Å²) in [6, 6.07) is 3.37. The molecule has 0 unspecified atom stereocenters. The zero-order valence-corrected chi connectivity index (χ0v) is 9.27. The van der Waals surface area contributed by atoms with Gasteiger partial charge in [-0.2, -0.15) is 0 Å². The molecule has 5 nitrogen and oxygen atoms in total. The van der Waals surface area contributed by atoms with E-state index in [-0.39, 0.29) is 24.5 Å². The van der Waals surface area contributed by atoms with Crippen LogP contribution < -0.4 is 5.32 Å². The number of aromatic carboxylic acids is 1. The molecule has 0 radical (unpaired) electrons. The van der Waals surface area contributed by atoms with Crippen LogP contribution in [0.25, 0.3) is 0 Å². The van der Waals surface area contributed by atoms with Crippen LogP contribution in [0.1, 0.15) is 17.3 Å². The van der Waals surface area contributed by atoms with Crippen LogP contribution in [0.5, 0.6) is 0 Å². The molecule has 0 amide bonds. The first-order valence-electron chi connectivity index (χ1n) is 4.94. The molecule has 1 aromatic carbocycles. The SMILES string of the molecule is CC(CO)(CO)Nc1ccc(C(=O)O)cc1F. The van der Waals surface area contributed by atoms with E-state index in [1.165, 1.54) is 19.1 Å². The van der Waals surface area contributed by atoms with Crippen molar-refractivity contribution in [2.24, 2.45) is 0 Å². The van der Waals surface area contributed by atoms with Crippen LogP contribution in [0.2, 0.25) is 0 Å². The number of rotatable bonds is 5. The first kappa shape index (κ1) is 13.4. The maximum absolute atomic E-state index is 13.5. The topological polar surface area (TPSA) is 89.8 Å². The van der Waals surface area contributed by atoms with E-state index in [1.54, 1.807) is 0 Å². The Morgan fingerprint density at radius 1 is 1.41 bits per heavy atom. The van der Waals surface area contributed by atoms with Crippen molar-refractivity contribution >= 4 is 11.7 Å². The Labute approximate surface area is 97.5 Å². The normalized spacial score (nSPS) is 11.3. The molecule has 94 valence electrons. The fourth-order valence-electron chi connectivity index (χ4n) is 1.20. The van der Waals surface area contributed by atoms with Gasteiger partial charge in [-0.1, -0.05) is 0 Å². The van der Waals surface area contributed by atoms with Crippen molar-refractivity contribution in [3.05, 3.63) is 29.6 Å². The first-order valence-corrected chi connectivity index (χ1v) is 4.94. The average Bonchev–Trinajstić information content (AvgIpc) is 2.31. The molecule has 1 aromatic rings. The van der Waals surface area contributed by atoms with Gasteiger partial charge in [0.25, 0.3) is 0 Å². The van der Waals surface area contributed by atoms with Crippen LogP contribution in [0.3, 0.4) is 0 Å². The third-order valence-electron chi connectivity index (χ3n) is 2.35. The van der Waals surface area contributed by atoms with Crippen molar-refractivity contribution in [3.8, 4) is 0 Å². The van der Waals surface area contributed by atoms with Crippen molar-refractivity contribution in [3.63, 3.8) is 0 Å². The standard InChI is InChI=1S/C11H14FNO4/c1-11(5-14,6-15)13-9-3-2-7(10(16)17)4-8(9)12/h2-4,13-15H,5-6H2,1H3,(H,16,17). The minimum Gasteiger partial charge on any atom is -0.478 e. The average molecular weight is 243 g/mol. The smallest absolute Gasteiger partial charge is 0.335 e. The van der Waals surface area contributed by atoms with Crippen LogP contribution in [0.4, 0.5) is 10.1 Å². The molecular formula is C11H14FNO4. The van der Waals surface area contributed by atoms with E-state index in [0.717, 1.165) is 6.07 Å². The van der Waals surface area contributed by atoms with Crippen molar-refractivity contribution in [1.82, 2.24) is 0 Å². The van der Waals surface area contributed by atoms with Gasteiger partial charge in [0.05, 0.1) is 30.0 Å². The quantitative estimate of drug-likeness (QED) is 0.610. The molecule has 0 aliphatic rings. The summed E-state index contributed by atoms with van der Waals surface area (Å²) in [5, 5.41) is 29.4. The third kappa shape index (κ3) is 3.15. The highest BCUT2D eigenvalue weighted by Gasteiger charge is 2.23. The van der Waals surface area contributed by atoms with Gasteiger partial charge in [-0.3, -0.25) is 0 Å². The van der Waals surface area contributed by atoms with Crippen LogP contribution >= 0.6 is 0 Å². The molecule has 0 bridgehead atoms. The highest BCUT2D eigenvalue weighted by Crippen LogP contribution is 2.20. The minimum absolute atomic E-state index is 0.0283. The Morgan fingerprint density at radius 2 is 2.00 bits per heavy atom. The van der Waals surface area contributed by atoms with E-state index in [1.807, 2.05) is 0 Å². The summed E-state index contributed by atoms with van der Waals surface area (Å²) in [6.45, 7) is 0.741. The molecule has 17 heavy (non-hydrogen) atoms. The number of nitrogens with one attached hydrogen (secondary N) is 1. The van der Waals surface area contributed by atoms with Gasteiger partial charge in [0.1, 0.15) is 5.82 Å². The summed E-state index contributed by atoms with van der Waals surface area (Å²) in [5.74, 6) is -1.97. The molecule has 0 spiro atoms. The number of anilines is 1. The fraction of sp³-hybridized carbons (Fsp3) is 0.364. The molecule has 1 rings (SSSR count). The highest BCUT2D eigenvalue weighted by atomic mass is 19.1. The Hall–Kier alpha value is -1.66. The van der Waals surface area contributed by atoms with Crippen LogP contribution in [0, 0.1) is 5.82 Å². The van der Waals surface area contributed by atoms with E-state index < -0.39 is 17.3 Å². The number of carbonyl (C=O) groups is 1. The number of aliphatic hydroxyl groups excluding tert-OH is 2. The second-order valence-corrected chi connectivity index (χ2v) is 4.00. The Balaban J connectivity index is 2.97. The van der Waals surface area contributed by atoms with Crippen LogP contribution in [-0.4, -0.2) is 40.0 Å². The number of carboxylic acid groups (broad SMARTS) is 1. The van der Waals surface area contributed by atoms with Crippen molar-refractivity contribution < 1.29 is 24.5 Å². The van der Waals surface area contributed by atoms with Gasteiger partial charge in [-0.15, -0.1) is 0 Å². The molecule has 0 aromatic heterocycles. The zero-order chi connectivity index (χ0) is 13.1. The minimum atomic E-state index is -1.22. The van der Waals surface area contributed by atoms with E-state index in [9.17, 15) is 9.18 Å². The van der Waals surface area contributed by atoms with Crippen LogP contribution in [0.15, 0.2) is 18.2 Å². The lowest BCUT2D eigenvalue weighted by atomic mass is 10.0. The summed E-state index contributed by atoms with van der Waals surface area (Å²) in [7, 11) is 0. The summed E-state index contributed by atoms with van der Waals surface area (Å²) in [6.07, 6.45) is 0. The lowest BCUT2D eigenvalue weighted by molar-refractivity contribution is 0.0696. The molecule has 0 aliphatic carbocycles. The summed E-state index contributed by atoms with van der Waals surface area (Å²) >= 11 is 0. The summed E-state index contributed by atoms with van der Waals surface area (Å²) < 4.78 is 13.5. The molecular weight excluding hydrogens is 229 g/mol. The van der Waals surface area contributed by atoms with Crippen LogP contribution in [-0.2, 0) is 0 Å². The molecule has 0 saturated carbocycles. The molecule has 0 aliphatic heterocycles. The number of hydrogen-bond acceptors (Lipinski definition) is 4. The van der Waals surface area contributed by atoms with Gasteiger partial charge in [0, 0.05) is 0 Å². The number of benzene rings is 1. The van der Waals surface area contributed by atoms with Gasteiger partial charge >= 0.3 is 5.97 Å². The Morgan fingerprint density at radius 3 is 2.41 bits per heavy atom. The molecule has 0 fully saturated rings. The maximum atomic E-state index is 13.5. The monoisotopic (exact) mass is 243 g/mol. The Kier molecular flexibility index (Phi) is 4.03. The van der Waals surface area contributed by atoms with Gasteiger partial charge in [0.15, 0.2) is 0 Å². The molecule has 0 heterocycles. The highest BCUT2D eigenvalue weighted by molar-refractivity contribution is 5.88. The van der Waals surface area contributed by atoms with Crippen molar-refractivity contribution in [2.45, 2.75) is 12.5 Å². The van der Waals surface area contributed by atoms with Crippen molar-refractivity contribution in [2.75, 3.05) is 18.5 Å². The van der Waals surface area contributed by atoms with Crippen molar-refractivity contribution in [1.29, 1.82) is 0 Å². The second kappa shape index (κ2) is 5.11. The molecule has 0 atom stereocenters. The predicted octanol–water partition coefficient (Wildman–Crippen LogP) is 0.679. The molecule has 4 N–H and O–H groups in total. The third-order valence-corrected chi connectivity index (χ3v) is 2.35. The lowest BCUT2D eigenvalue weighted by Gasteiger charge is -2.27. The first-order chi connectivity index (χ1) is 7.91. The molecule has 0 saturated heterocycles. The predicted molar refractivity (Wildman–Crippen MR) is 59.6 cm³/mol. The second-order valence-electron chi connectivity index (χ2n) is 4.00. The van der Waals surface area contributed by atoms with Gasteiger partial charge in [-0.05, 0) is 25.1 Å². The van der Waals surface area contributed by atoms with Gasteiger partial charge in [-0.25, -0.2) is 9.18 Å². The number of halogens is 1. The number of aliphatic hydroxyl groups is 2. The summed E-state index contributed by atoms with van der Waals surface area (Å²) in [5.41, 5.74) is -1.20. The lowest BCUT2D eigenvalue weighted by Crippen LogP contribution is -2.42. The molecule has 6 heteroatoms.